The first-order valence-electron chi connectivity index (χ1n) is 12.2. The molecule has 0 spiro atoms. The van der Waals surface area contributed by atoms with Crippen LogP contribution in [0.2, 0.25) is 0 Å². The summed E-state index contributed by atoms with van der Waals surface area (Å²) < 4.78 is 5.44. The van der Waals surface area contributed by atoms with Crippen LogP contribution < -0.4 is 0 Å². The third kappa shape index (κ3) is 9.88. The molecule has 1 saturated carbocycles. The normalized spacial score (nSPS) is 21.6. The van der Waals surface area contributed by atoms with Crippen molar-refractivity contribution in [2.75, 3.05) is 6.61 Å². The van der Waals surface area contributed by atoms with Crippen LogP contribution in [0, 0.1) is 11.3 Å². The van der Waals surface area contributed by atoms with E-state index in [1.165, 1.54) is 25.7 Å². The minimum atomic E-state index is -1.31. The van der Waals surface area contributed by atoms with Crippen molar-refractivity contribution in [1.82, 2.24) is 0 Å². The summed E-state index contributed by atoms with van der Waals surface area (Å²) in [5, 5.41) is 19.4. The van der Waals surface area contributed by atoms with Crippen LogP contribution in [0.4, 0.5) is 0 Å². The highest BCUT2D eigenvalue weighted by Gasteiger charge is 2.44. The van der Waals surface area contributed by atoms with Crippen LogP contribution in [0.15, 0.2) is 11.6 Å². The molecule has 0 radical (unpaired) electrons. The van der Waals surface area contributed by atoms with Gasteiger partial charge in [-0.1, -0.05) is 77.7 Å². The van der Waals surface area contributed by atoms with Gasteiger partial charge in [0.1, 0.15) is 0 Å². The van der Waals surface area contributed by atoms with Gasteiger partial charge in [0.2, 0.25) is 0 Å². The average molecular weight is 439 g/mol. The largest absolute Gasteiger partial charge is 0.481 e. The van der Waals surface area contributed by atoms with E-state index in [0.29, 0.717) is 37.9 Å². The maximum atomic E-state index is 12.8. The molecule has 0 amide bonds. The van der Waals surface area contributed by atoms with Crippen molar-refractivity contribution < 1.29 is 29.3 Å². The molecular formula is C25H42O6. The maximum Gasteiger partial charge on any atom is 0.333 e. The average Bonchev–Trinajstić information content (AvgIpc) is 2.75. The molecule has 0 saturated heterocycles. The van der Waals surface area contributed by atoms with E-state index in [9.17, 15) is 24.6 Å². The molecule has 0 aromatic heterocycles. The van der Waals surface area contributed by atoms with Crippen molar-refractivity contribution in [3.8, 4) is 0 Å². The Bertz CT molecular complexity index is 597. The lowest BCUT2D eigenvalue weighted by atomic mass is 9.68. The molecule has 0 aromatic rings. The van der Waals surface area contributed by atoms with Crippen molar-refractivity contribution in [2.45, 2.75) is 110 Å². The summed E-state index contributed by atoms with van der Waals surface area (Å²) in [7, 11) is 0. The number of carboxylic acids is 2. The minimum Gasteiger partial charge on any atom is -0.481 e. The third-order valence-electron chi connectivity index (χ3n) is 6.30. The Kier molecular flexibility index (Phi) is 13.2. The number of rotatable bonds is 16. The second kappa shape index (κ2) is 15.0. The number of carboxylic acid groups (broad SMARTS) is 2. The molecule has 0 aliphatic heterocycles. The lowest BCUT2D eigenvalue weighted by molar-refractivity contribution is -0.152. The van der Waals surface area contributed by atoms with E-state index in [-0.39, 0.29) is 6.42 Å². The minimum absolute atomic E-state index is 0.0291. The first-order chi connectivity index (χ1) is 14.9. The van der Waals surface area contributed by atoms with E-state index in [0.717, 1.165) is 38.5 Å². The van der Waals surface area contributed by atoms with Gasteiger partial charge in [-0.3, -0.25) is 9.59 Å². The SMILES string of the molecule is CCCCCCCCCC(=CC1(C(=O)O)CCCC(C(=O)O)C1)C(=O)OCCCCC. The molecule has 2 atom stereocenters. The molecule has 31 heavy (non-hydrogen) atoms. The molecule has 2 N–H and O–H groups in total. The van der Waals surface area contributed by atoms with Crippen molar-refractivity contribution in [3.63, 3.8) is 0 Å². The zero-order chi connectivity index (χ0) is 23.1. The van der Waals surface area contributed by atoms with Gasteiger partial charge < -0.3 is 14.9 Å². The number of hydrogen-bond acceptors (Lipinski definition) is 4. The van der Waals surface area contributed by atoms with E-state index in [1.807, 2.05) is 0 Å². The Morgan fingerprint density at radius 3 is 2.16 bits per heavy atom. The van der Waals surface area contributed by atoms with Crippen LogP contribution in [0.1, 0.15) is 110 Å². The molecule has 6 heteroatoms. The van der Waals surface area contributed by atoms with E-state index in [2.05, 4.69) is 13.8 Å². The monoisotopic (exact) mass is 438 g/mol. The topological polar surface area (TPSA) is 101 Å². The van der Waals surface area contributed by atoms with Crippen molar-refractivity contribution >= 4 is 17.9 Å². The van der Waals surface area contributed by atoms with Gasteiger partial charge in [0, 0.05) is 5.57 Å². The molecule has 6 nitrogen and oxygen atoms in total. The Labute approximate surface area is 187 Å². The predicted octanol–water partition coefficient (Wildman–Crippen LogP) is 6.13. The number of hydrogen-bond donors (Lipinski definition) is 2. The first-order valence-corrected chi connectivity index (χ1v) is 12.2. The molecule has 1 rings (SSSR count). The molecular weight excluding hydrogens is 396 g/mol. The van der Waals surface area contributed by atoms with Crippen LogP contribution in [0.3, 0.4) is 0 Å². The maximum absolute atomic E-state index is 12.8. The fourth-order valence-corrected chi connectivity index (χ4v) is 4.35. The highest BCUT2D eigenvalue weighted by Crippen LogP contribution is 2.42. The summed E-state index contributed by atoms with van der Waals surface area (Å²) in [4.78, 5) is 36.5. The summed E-state index contributed by atoms with van der Waals surface area (Å²) in [6.07, 6.45) is 13.9. The van der Waals surface area contributed by atoms with E-state index < -0.39 is 29.2 Å². The van der Waals surface area contributed by atoms with Gasteiger partial charge >= 0.3 is 17.9 Å². The van der Waals surface area contributed by atoms with Crippen LogP contribution >= 0.6 is 0 Å². The standard InChI is InChI=1S/C25H42O6/c1-3-5-7-8-9-10-11-14-21(23(28)31-17-12-6-4-2)19-25(24(29)30)16-13-15-20(18-25)22(26)27/h19-20H,3-18H2,1-2H3,(H,26,27)(H,29,30). The zero-order valence-corrected chi connectivity index (χ0v) is 19.5. The Morgan fingerprint density at radius 2 is 1.55 bits per heavy atom. The van der Waals surface area contributed by atoms with Crippen LogP contribution in [-0.2, 0) is 19.1 Å². The lowest BCUT2D eigenvalue weighted by Gasteiger charge is -2.34. The van der Waals surface area contributed by atoms with Crippen molar-refractivity contribution in [3.05, 3.63) is 11.6 Å². The molecule has 1 aliphatic rings. The van der Waals surface area contributed by atoms with E-state index in [4.69, 9.17) is 4.74 Å². The van der Waals surface area contributed by atoms with Crippen molar-refractivity contribution in [1.29, 1.82) is 0 Å². The quantitative estimate of drug-likeness (QED) is 0.171. The van der Waals surface area contributed by atoms with Crippen LogP contribution in [0.25, 0.3) is 0 Å². The Hall–Kier alpha value is -1.85. The number of carbonyl (C=O) groups is 3. The van der Waals surface area contributed by atoms with Gasteiger partial charge in [-0.15, -0.1) is 0 Å². The van der Waals surface area contributed by atoms with Gasteiger partial charge in [0.05, 0.1) is 17.9 Å². The summed E-state index contributed by atoms with van der Waals surface area (Å²) in [6.45, 7) is 4.59. The summed E-state index contributed by atoms with van der Waals surface area (Å²) in [5.74, 6) is -3.15. The van der Waals surface area contributed by atoms with Crippen molar-refractivity contribution in [2.24, 2.45) is 11.3 Å². The Balaban J connectivity index is 2.89. The van der Waals surface area contributed by atoms with Gasteiger partial charge in [-0.2, -0.15) is 0 Å². The van der Waals surface area contributed by atoms with Gasteiger partial charge in [-0.05, 0) is 38.5 Å². The fraction of sp³-hybridized carbons (Fsp3) is 0.800. The number of carbonyl (C=O) groups excluding carboxylic acids is 1. The van der Waals surface area contributed by atoms with Gasteiger partial charge in [-0.25, -0.2) is 4.79 Å². The molecule has 0 bridgehead atoms. The Morgan fingerprint density at radius 1 is 0.935 bits per heavy atom. The summed E-state index contributed by atoms with van der Waals surface area (Å²) in [5.41, 5.74) is -0.904. The highest BCUT2D eigenvalue weighted by molar-refractivity contribution is 5.90. The second-order valence-electron chi connectivity index (χ2n) is 8.98. The number of unbranched alkanes of at least 4 members (excludes halogenated alkanes) is 8. The van der Waals surface area contributed by atoms with E-state index >= 15 is 0 Å². The molecule has 1 aliphatic carbocycles. The second-order valence-corrected chi connectivity index (χ2v) is 8.98. The number of esters is 1. The molecule has 178 valence electrons. The molecule has 0 aromatic carbocycles. The smallest absolute Gasteiger partial charge is 0.333 e. The van der Waals surface area contributed by atoms with Gasteiger partial charge in [0.15, 0.2) is 0 Å². The van der Waals surface area contributed by atoms with Crippen LogP contribution in [-0.4, -0.2) is 34.7 Å². The highest BCUT2D eigenvalue weighted by atomic mass is 16.5. The summed E-state index contributed by atoms with van der Waals surface area (Å²) >= 11 is 0. The molecule has 1 fully saturated rings. The van der Waals surface area contributed by atoms with Crippen LogP contribution in [0.5, 0.6) is 0 Å². The zero-order valence-electron chi connectivity index (χ0n) is 19.5. The third-order valence-corrected chi connectivity index (χ3v) is 6.30. The predicted molar refractivity (Wildman–Crippen MR) is 121 cm³/mol. The molecule has 0 heterocycles. The van der Waals surface area contributed by atoms with Gasteiger partial charge in [0.25, 0.3) is 0 Å². The number of ether oxygens (including phenoxy) is 1. The molecule has 2 unspecified atom stereocenters. The van der Waals surface area contributed by atoms with E-state index in [1.54, 1.807) is 6.08 Å². The number of aliphatic carboxylic acids is 2. The fourth-order valence-electron chi connectivity index (χ4n) is 4.35. The lowest BCUT2D eigenvalue weighted by Crippen LogP contribution is -2.38. The first kappa shape index (κ1) is 27.2. The summed E-state index contributed by atoms with van der Waals surface area (Å²) in [6, 6.07) is 0.